The summed E-state index contributed by atoms with van der Waals surface area (Å²) in [5.41, 5.74) is 2.47. The average molecular weight is 300 g/mol. The molecule has 1 unspecified atom stereocenters. The highest BCUT2D eigenvalue weighted by Crippen LogP contribution is 2.25. The Kier molecular flexibility index (Phi) is 4.08. The zero-order chi connectivity index (χ0) is 11.4. The van der Waals surface area contributed by atoms with Gasteiger partial charge in [-0.2, -0.15) is 0 Å². The Labute approximate surface area is 109 Å². The summed E-state index contributed by atoms with van der Waals surface area (Å²) in [5.74, 6) is 0.427. The van der Waals surface area contributed by atoms with E-state index in [1.165, 1.54) is 11.1 Å². The largest absolute Gasteiger partial charge is 0.472 e. The van der Waals surface area contributed by atoms with Crippen LogP contribution in [0.3, 0.4) is 0 Å². The Morgan fingerprint density at radius 3 is 2.81 bits per heavy atom. The maximum Gasteiger partial charge on any atom is 0.0934 e. The van der Waals surface area contributed by atoms with E-state index in [1.54, 1.807) is 12.5 Å². The molecule has 1 aromatic heterocycles. The molecule has 1 atom stereocenters. The van der Waals surface area contributed by atoms with E-state index < -0.39 is 0 Å². The summed E-state index contributed by atoms with van der Waals surface area (Å²) in [6, 6.07) is 10.0. The van der Waals surface area contributed by atoms with Crippen LogP contribution in [-0.4, -0.2) is 5.33 Å². The van der Waals surface area contributed by atoms with Gasteiger partial charge in [-0.1, -0.05) is 39.7 Å². The van der Waals surface area contributed by atoms with Crippen molar-refractivity contribution in [2.45, 2.75) is 12.3 Å². The molecule has 0 aliphatic rings. The van der Waals surface area contributed by atoms with Crippen LogP contribution < -0.4 is 0 Å². The molecule has 0 saturated heterocycles. The lowest BCUT2D eigenvalue weighted by Crippen LogP contribution is -2.03. The van der Waals surface area contributed by atoms with Crippen molar-refractivity contribution >= 4 is 27.5 Å². The highest BCUT2D eigenvalue weighted by Gasteiger charge is 2.12. The van der Waals surface area contributed by atoms with E-state index in [-0.39, 0.29) is 0 Å². The van der Waals surface area contributed by atoms with E-state index in [0.29, 0.717) is 5.92 Å². The fourth-order valence-corrected chi connectivity index (χ4v) is 2.52. The predicted molar refractivity (Wildman–Crippen MR) is 70.4 cm³/mol. The fraction of sp³-hybridized carbons (Fsp3) is 0.231. The van der Waals surface area contributed by atoms with E-state index >= 15 is 0 Å². The van der Waals surface area contributed by atoms with Gasteiger partial charge in [0, 0.05) is 10.4 Å². The third-order valence-electron chi connectivity index (χ3n) is 2.57. The number of hydrogen-bond donors (Lipinski definition) is 0. The molecule has 0 amide bonds. The van der Waals surface area contributed by atoms with Crippen molar-refractivity contribution in [3.8, 4) is 0 Å². The molecule has 2 aromatic rings. The molecule has 0 spiro atoms. The molecule has 0 N–H and O–H groups in total. The van der Waals surface area contributed by atoms with Gasteiger partial charge in [0.25, 0.3) is 0 Å². The lowest BCUT2D eigenvalue weighted by atomic mass is 9.95. The van der Waals surface area contributed by atoms with Gasteiger partial charge in [-0.15, -0.1) is 0 Å². The quantitative estimate of drug-likeness (QED) is 0.749. The van der Waals surface area contributed by atoms with Crippen LogP contribution in [0.4, 0.5) is 0 Å². The van der Waals surface area contributed by atoms with Gasteiger partial charge >= 0.3 is 0 Å². The summed E-state index contributed by atoms with van der Waals surface area (Å²) in [6.45, 7) is 0. The Balaban J connectivity index is 2.16. The van der Waals surface area contributed by atoms with Crippen molar-refractivity contribution in [3.05, 3.63) is 59.0 Å². The van der Waals surface area contributed by atoms with Crippen molar-refractivity contribution in [1.29, 1.82) is 0 Å². The summed E-state index contributed by atoms with van der Waals surface area (Å²) in [7, 11) is 0. The molecule has 16 heavy (non-hydrogen) atoms. The van der Waals surface area contributed by atoms with Crippen LogP contribution in [-0.2, 0) is 6.42 Å². The van der Waals surface area contributed by atoms with Crippen LogP contribution in [0.2, 0.25) is 5.02 Å². The van der Waals surface area contributed by atoms with Crippen LogP contribution in [0, 0.1) is 0 Å². The van der Waals surface area contributed by atoms with E-state index in [1.807, 2.05) is 24.3 Å². The number of rotatable bonds is 4. The summed E-state index contributed by atoms with van der Waals surface area (Å²) in [4.78, 5) is 0. The van der Waals surface area contributed by atoms with Crippen LogP contribution in [0.25, 0.3) is 0 Å². The number of benzene rings is 1. The molecule has 1 aromatic carbocycles. The van der Waals surface area contributed by atoms with E-state index in [2.05, 4.69) is 22.0 Å². The second kappa shape index (κ2) is 5.55. The molecule has 0 bridgehead atoms. The minimum absolute atomic E-state index is 0.427. The molecule has 2 rings (SSSR count). The van der Waals surface area contributed by atoms with Crippen molar-refractivity contribution < 1.29 is 4.42 Å². The van der Waals surface area contributed by atoms with Gasteiger partial charge in [0.05, 0.1) is 12.5 Å². The zero-order valence-electron chi connectivity index (χ0n) is 8.70. The highest BCUT2D eigenvalue weighted by atomic mass is 79.9. The van der Waals surface area contributed by atoms with Crippen LogP contribution in [0.1, 0.15) is 17.0 Å². The molecule has 0 aliphatic carbocycles. The minimum Gasteiger partial charge on any atom is -0.472 e. The molecule has 84 valence electrons. The summed E-state index contributed by atoms with van der Waals surface area (Å²) >= 11 is 9.54. The van der Waals surface area contributed by atoms with Gasteiger partial charge in [0.2, 0.25) is 0 Å². The fourth-order valence-electron chi connectivity index (χ4n) is 1.72. The normalized spacial score (nSPS) is 12.6. The predicted octanol–water partition coefficient (Wildman–Crippen LogP) is 4.65. The average Bonchev–Trinajstić information content (AvgIpc) is 2.78. The van der Waals surface area contributed by atoms with Crippen molar-refractivity contribution in [3.63, 3.8) is 0 Å². The van der Waals surface area contributed by atoms with Gasteiger partial charge in [0.15, 0.2) is 0 Å². The van der Waals surface area contributed by atoms with E-state index in [9.17, 15) is 0 Å². The monoisotopic (exact) mass is 298 g/mol. The molecule has 1 nitrogen and oxygen atoms in total. The molecule has 3 heteroatoms. The first-order valence-corrected chi connectivity index (χ1v) is 6.62. The minimum atomic E-state index is 0.427. The zero-order valence-corrected chi connectivity index (χ0v) is 11.0. The van der Waals surface area contributed by atoms with Crippen molar-refractivity contribution in [1.82, 2.24) is 0 Å². The van der Waals surface area contributed by atoms with Gasteiger partial charge in [0.1, 0.15) is 0 Å². The molecule has 0 radical (unpaired) electrons. The third-order valence-corrected chi connectivity index (χ3v) is 3.59. The number of hydrogen-bond acceptors (Lipinski definition) is 1. The summed E-state index contributed by atoms with van der Waals surface area (Å²) in [5, 5.41) is 1.70. The maximum atomic E-state index is 5.99. The smallest absolute Gasteiger partial charge is 0.0934 e. The van der Waals surface area contributed by atoms with Gasteiger partial charge in [-0.05, 0) is 41.7 Å². The third kappa shape index (κ3) is 2.89. The first-order valence-electron chi connectivity index (χ1n) is 5.12. The van der Waals surface area contributed by atoms with E-state index in [4.69, 9.17) is 16.0 Å². The van der Waals surface area contributed by atoms with Crippen LogP contribution in [0.15, 0.2) is 47.3 Å². The second-order valence-corrected chi connectivity index (χ2v) is 4.83. The van der Waals surface area contributed by atoms with Crippen molar-refractivity contribution in [2.24, 2.45) is 0 Å². The number of halogens is 2. The SMILES string of the molecule is Clc1cccc(C(CBr)Cc2ccoc2)c1. The second-order valence-electron chi connectivity index (χ2n) is 3.74. The first kappa shape index (κ1) is 11.7. The molecular formula is C13H12BrClO. The maximum absolute atomic E-state index is 5.99. The Morgan fingerprint density at radius 2 is 2.19 bits per heavy atom. The lowest BCUT2D eigenvalue weighted by Gasteiger charge is -2.13. The van der Waals surface area contributed by atoms with Crippen LogP contribution >= 0.6 is 27.5 Å². The molecule has 0 fully saturated rings. The standard InChI is InChI=1S/C13H12BrClO/c14-8-12(6-10-4-5-16-9-10)11-2-1-3-13(15)7-11/h1-5,7,9,12H,6,8H2. The Hall–Kier alpha value is -0.730. The summed E-state index contributed by atoms with van der Waals surface area (Å²) < 4.78 is 5.08. The molecular weight excluding hydrogens is 287 g/mol. The summed E-state index contributed by atoms with van der Waals surface area (Å²) in [6.07, 6.45) is 4.46. The Morgan fingerprint density at radius 1 is 1.31 bits per heavy atom. The topological polar surface area (TPSA) is 13.1 Å². The van der Waals surface area contributed by atoms with Gasteiger partial charge in [-0.25, -0.2) is 0 Å². The van der Waals surface area contributed by atoms with Crippen LogP contribution in [0.5, 0.6) is 0 Å². The molecule has 0 aliphatic heterocycles. The number of alkyl halides is 1. The highest BCUT2D eigenvalue weighted by molar-refractivity contribution is 9.09. The van der Waals surface area contributed by atoms with Crippen molar-refractivity contribution in [2.75, 3.05) is 5.33 Å². The van der Waals surface area contributed by atoms with Gasteiger partial charge < -0.3 is 4.42 Å². The van der Waals surface area contributed by atoms with E-state index in [0.717, 1.165) is 16.8 Å². The Bertz CT molecular complexity index is 439. The molecule has 0 saturated carbocycles. The lowest BCUT2D eigenvalue weighted by molar-refractivity contribution is 0.562. The molecule has 1 heterocycles. The van der Waals surface area contributed by atoms with Gasteiger partial charge in [-0.3, -0.25) is 0 Å². The first-order chi connectivity index (χ1) is 7.79. The number of furan rings is 1.